The minimum Gasteiger partial charge on any atom is -0.497 e. The Morgan fingerprint density at radius 3 is 2.24 bits per heavy atom. The predicted molar refractivity (Wildman–Crippen MR) is 121 cm³/mol. The van der Waals surface area contributed by atoms with Crippen molar-refractivity contribution in [1.82, 2.24) is 15.8 Å². The summed E-state index contributed by atoms with van der Waals surface area (Å²) in [7, 11) is -2.44. The number of nitrogens with zero attached hydrogens (tertiary/aromatic N) is 1. The van der Waals surface area contributed by atoms with Crippen LogP contribution in [-0.2, 0) is 10.0 Å². The van der Waals surface area contributed by atoms with Gasteiger partial charge < -0.3 is 9.47 Å². The van der Waals surface area contributed by atoms with E-state index in [1.807, 2.05) is 6.92 Å². The fourth-order valence-electron chi connectivity index (χ4n) is 2.68. The summed E-state index contributed by atoms with van der Waals surface area (Å²) in [5.74, 6) is -0.327. The summed E-state index contributed by atoms with van der Waals surface area (Å²) in [6, 6.07) is 14.8. The van der Waals surface area contributed by atoms with Gasteiger partial charge in [0, 0.05) is 23.5 Å². The molecule has 0 aliphatic heterocycles. The van der Waals surface area contributed by atoms with Crippen molar-refractivity contribution in [3.05, 3.63) is 78.0 Å². The molecular weight excluding hydrogens is 448 g/mol. The van der Waals surface area contributed by atoms with Crippen LogP contribution < -0.4 is 25.0 Å². The largest absolute Gasteiger partial charge is 0.497 e. The number of sulfonamides is 1. The summed E-state index contributed by atoms with van der Waals surface area (Å²) in [6.07, 6.45) is 1.31. The molecule has 1 heterocycles. The zero-order valence-electron chi connectivity index (χ0n) is 17.9. The Bertz CT molecular complexity index is 1230. The molecule has 10 nitrogen and oxygen atoms in total. The van der Waals surface area contributed by atoms with Gasteiger partial charge in [0.1, 0.15) is 5.75 Å². The van der Waals surface area contributed by atoms with Gasteiger partial charge in [-0.05, 0) is 55.5 Å². The SMILES string of the molecule is CCOc1ccc(C(=O)NNC(=O)c2cccc(S(=O)(=O)Nc3ccc(OC)cc3)c2)cn1. The number of benzene rings is 2. The van der Waals surface area contributed by atoms with Gasteiger partial charge in [-0.15, -0.1) is 0 Å². The molecule has 2 aromatic carbocycles. The molecule has 0 radical (unpaired) electrons. The molecule has 0 spiro atoms. The highest BCUT2D eigenvalue weighted by atomic mass is 32.2. The fourth-order valence-corrected chi connectivity index (χ4v) is 3.79. The molecule has 172 valence electrons. The molecular formula is C22H22N4O6S. The molecule has 3 N–H and O–H groups in total. The number of ether oxygens (including phenoxy) is 2. The number of hydrogen-bond donors (Lipinski definition) is 3. The molecule has 0 atom stereocenters. The van der Waals surface area contributed by atoms with Crippen molar-refractivity contribution in [2.24, 2.45) is 0 Å². The van der Waals surface area contributed by atoms with Crippen molar-refractivity contribution in [1.29, 1.82) is 0 Å². The lowest BCUT2D eigenvalue weighted by Gasteiger charge is -2.11. The standard InChI is InChI=1S/C22H22N4O6S/c1-3-32-20-12-7-16(14-23-20)22(28)25-24-21(27)15-5-4-6-19(13-15)33(29,30)26-17-8-10-18(31-2)11-9-17/h4-14,26H,3H2,1-2H3,(H,24,27)(H,25,28). The quantitative estimate of drug-likeness (QED) is 0.430. The molecule has 1 aromatic heterocycles. The van der Waals surface area contributed by atoms with Crippen LogP contribution in [0, 0.1) is 0 Å². The van der Waals surface area contributed by atoms with Crippen LogP contribution in [0.25, 0.3) is 0 Å². The van der Waals surface area contributed by atoms with Crippen LogP contribution in [0.2, 0.25) is 0 Å². The highest BCUT2D eigenvalue weighted by Crippen LogP contribution is 2.20. The zero-order valence-corrected chi connectivity index (χ0v) is 18.7. The summed E-state index contributed by atoms with van der Waals surface area (Å²) in [5, 5.41) is 0. The molecule has 0 saturated heterocycles. The molecule has 0 saturated carbocycles. The van der Waals surface area contributed by atoms with Crippen molar-refractivity contribution in [3.63, 3.8) is 0 Å². The Morgan fingerprint density at radius 1 is 0.939 bits per heavy atom. The second-order valence-electron chi connectivity index (χ2n) is 6.59. The summed E-state index contributed by atoms with van der Waals surface area (Å²) in [5.41, 5.74) is 5.09. The molecule has 0 fully saturated rings. The minimum absolute atomic E-state index is 0.0396. The van der Waals surface area contributed by atoms with E-state index in [0.29, 0.717) is 23.9 Å². The Morgan fingerprint density at radius 2 is 1.64 bits per heavy atom. The topological polar surface area (TPSA) is 136 Å². The van der Waals surface area contributed by atoms with Crippen LogP contribution in [0.15, 0.2) is 71.8 Å². The lowest BCUT2D eigenvalue weighted by Crippen LogP contribution is -2.41. The molecule has 3 rings (SSSR count). The predicted octanol–water partition coefficient (Wildman–Crippen LogP) is 2.36. The number of methoxy groups -OCH3 is 1. The van der Waals surface area contributed by atoms with Gasteiger partial charge >= 0.3 is 0 Å². The first-order chi connectivity index (χ1) is 15.8. The maximum Gasteiger partial charge on any atom is 0.271 e. The highest BCUT2D eigenvalue weighted by Gasteiger charge is 2.17. The van der Waals surface area contributed by atoms with Crippen molar-refractivity contribution >= 4 is 27.5 Å². The molecule has 11 heteroatoms. The van der Waals surface area contributed by atoms with Crippen molar-refractivity contribution in [3.8, 4) is 11.6 Å². The molecule has 0 aliphatic carbocycles. The van der Waals surface area contributed by atoms with E-state index in [2.05, 4.69) is 20.6 Å². The normalized spacial score (nSPS) is 10.7. The third kappa shape index (κ3) is 6.20. The number of hydrazine groups is 1. The Kier molecular flexibility index (Phi) is 7.46. The third-order valence-electron chi connectivity index (χ3n) is 4.33. The maximum atomic E-state index is 12.7. The average molecular weight is 471 g/mol. The third-order valence-corrected chi connectivity index (χ3v) is 5.71. The maximum absolute atomic E-state index is 12.7. The van der Waals surface area contributed by atoms with E-state index in [9.17, 15) is 18.0 Å². The van der Waals surface area contributed by atoms with E-state index in [0.717, 1.165) is 0 Å². The second-order valence-corrected chi connectivity index (χ2v) is 8.27. The number of rotatable bonds is 8. The molecule has 33 heavy (non-hydrogen) atoms. The van der Waals surface area contributed by atoms with Crippen molar-refractivity contribution in [2.45, 2.75) is 11.8 Å². The smallest absolute Gasteiger partial charge is 0.271 e. The second kappa shape index (κ2) is 10.5. The first-order valence-corrected chi connectivity index (χ1v) is 11.3. The lowest BCUT2D eigenvalue weighted by molar-refractivity contribution is 0.0846. The van der Waals surface area contributed by atoms with Crippen molar-refractivity contribution in [2.75, 3.05) is 18.4 Å². The van der Waals surface area contributed by atoms with Gasteiger partial charge in [0.2, 0.25) is 5.88 Å². The van der Waals surface area contributed by atoms with E-state index in [1.165, 1.54) is 49.7 Å². The summed E-state index contributed by atoms with van der Waals surface area (Å²) in [6.45, 7) is 2.26. The summed E-state index contributed by atoms with van der Waals surface area (Å²) < 4.78 is 38.1. The molecule has 0 bridgehead atoms. The molecule has 0 unspecified atom stereocenters. The first-order valence-electron chi connectivity index (χ1n) is 9.79. The number of amides is 2. The lowest BCUT2D eigenvalue weighted by atomic mass is 10.2. The van der Waals surface area contributed by atoms with E-state index < -0.39 is 21.8 Å². The van der Waals surface area contributed by atoms with Crippen LogP contribution in [0.3, 0.4) is 0 Å². The monoisotopic (exact) mass is 470 g/mol. The number of aromatic nitrogens is 1. The van der Waals surface area contributed by atoms with Crippen LogP contribution in [0.5, 0.6) is 11.6 Å². The van der Waals surface area contributed by atoms with E-state index >= 15 is 0 Å². The van der Waals surface area contributed by atoms with Crippen molar-refractivity contribution < 1.29 is 27.5 Å². The number of nitrogens with one attached hydrogen (secondary N) is 3. The number of carbonyl (C=O) groups excluding carboxylic acids is 2. The van der Waals surface area contributed by atoms with Gasteiger partial charge in [0.25, 0.3) is 21.8 Å². The van der Waals surface area contributed by atoms with Gasteiger partial charge in [-0.2, -0.15) is 0 Å². The fraction of sp³-hybridized carbons (Fsp3) is 0.136. The Balaban J connectivity index is 1.65. The van der Waals surface area contributed by atoms with Gasteiger partial charge in [0.05, 0.1) is 24.2 Å². The van der Waals surface area contributed by atoms with Gasteiger partial charge in [0.15, 0.2) is 0 Å². The summed E-state index contributed by atoms with van der Waals surface area (Å²) >= 11 is 0. The zero-order chi connectivity index (χ0) is 23.8. The Hall–Kier alpha value is -4.12. The van der Waals surface area contributed by atoms with Gasteiger partial charge in [-0.1, -0.05) is 6.07 Å². The number of pyridine rings is 1. The van der Waals surface area contributed by atoms with Gasteiger partial charge in [-0.25, -0.2) is 13.4 Å². The first kappa shape index (κ1) is 23.5. The van der Waals surface area contributed by atoms with Crippen LogP contribution in [-0.4, -0.2) is 38.9 Å². The molecule has 0 aliphatic rings. The number of hydrogen-bond acceptors (Lipinski definition) is 7. The molecule has 3 aromatic rings. The van der Waals surface area contributed by atoms with Crippen LogP contribution in [0.4, 0.5) is 5.69 Å². The highest BCUT2D eigenvalue weighted by molar-refractivity contribution is 7.92. The van der Waals surface area contributed by atoms with Crippen LogP contribution in [0.1, 0.15) is 27.6 Å². The van der Waals surface area contributed by atoms with E-state index in [1.54, 1.807) is 24.3 Å². The average Bonchev–Trinajstić information content (AvgIpc) is 2.83. The van der Waals surface area contributed by atoms with Crippen LogP contribution >= 0.6 is 0 Å². The number of anilines is 1. The minimum atomic E-state index is -3.95. The molecule has 2 amide bonds. The van der Waals surface area contributed by atoms with E-state index in [4.69, 9.17) is 9.47 Å². The van der Waals surface area contributed by atoms with Gasteiger partial charge in [-0.3, -0.25) is 25.2 Å². The van der Waals surface area contributed by atoms with E-state index in [-0.39, 0.29) is 16.0 Å². The number of carbonyl (C=O) groups is 2. The summed E-state index contributed by atoms with van der Waals surface area (Å²) in [4.78, 5) is 28.5. The Labute approximate surface area is 191 Å².